The Morgan fingerprint density at radius 1 is 1.32 bits per heavy atom. The van der Waals surface area contributed by atoms with Crippen molar-refractivity contribution in [1.82, 2.24) is 15.5 Å². The van der Waals surface area contributed by atoms with E-state index in [1.165, 1.54) is 0 Å². The van der Waals surface area contributed by atoms with Crippen molar-refractivity contribution in [1.29, 1.82) is 0 Å². The Morgan fingerprint density at radius 3 is 2.84 bits per heavy atom. The van der Waals surface area contributed by atoms with E-state index in [1.807, 2.05) is 30.3 Å². The summed E-state index contributed by atoms with van der Waals surface area (Å²) in [6, 6.07) is 9.92. The molecule has 0 radical (unpaired) electrons. The smallest absolute Gasteiger partial charge is 0.228 e. The highest BCUT2D eigenvalue weighted by atomic mass is 16.5. The van der Waals surface area contributed by atoms with E-state index in [9.17, 15) is 0 Å². The van der Waals surface area contributed by atoms with Crippen molar-refractivity contribution < 1.29 is 9.26 Å². The highest BCUT2D eigenvalue weighted by Gasteiger charge is 2.10. The molecular weight excluding hydrogens is 242 g/mol. The second-order valence-electron chi connectivity index (χ2n) is 4.37. The van der Waals surface area contributed by atoms with Crippen molar-refractivity contribution in [3.63, 3.8) is 0 Å². The van der Waals surface area contributed by atoms with E-state index in [2.05, 4.69) is 29.3 Å². The normalized spacial score (nSPS) is 12.3. The summed E-state index contributed by atoms with van der Waals surface area (Å²) < 4.78 is 10.7. The highest BCUT2D eigenvalue weighted by Crippen LogP contribution is 2.10. The van der Waals surface area contributed by atoms with E-state index in [0.717, 1.165) is 18.7 Å². The van der Waals surface area contributed by atoms with E-state index >= 15 is 0 Å². The fourth-order valence-corrected chi connectivity index (χ4v) is 1.78. The Labute approximate surface area is 113 Å². The van der Waals surface area contributed by atoms with E-state index in [-0.39, 0.29) is 0 Å². The van der Waals surface area contributed by atoms with Gasteiger partial charge < -0.3 is 14.6 Å². The average Bonchev–Trinajstić information content (AvgIpc) is 2.85. The predicted molar refractivity (Wildman–Crippen MR) is 71.9 cm³/mol. The van der Waals surface area contributed by atoms with Crippen LogP contribution in [0, 0.1) is 0 Å². The number of aromatic nitrogens is 2. The number of benzene rings is 1. The first-order valence-electron chi connectivity index (χ1n) is 6.50. The molecule has 1 heterocycles. The molecule has 5 nitrogen and oxygen atoms in total. The molecule has 0 saturated heterocycles. The molecule has 0 spiro atoms. The number of hydrogen-bond acceptors (Lipinski definition) is 5. The predicted octanol–water partition coefficient (Wildman–Crippen LogP) is 2.19. The largest absolute Gasteiger partial charge is 0.485 e. The Morgan fingerprint density at radius 2 is 2.11 bits per heavy atom. The van der Waals surface area contributed by atoms with Crippen LogP contribution in [0.4, 0.5) is 0 Å². The van der Waals surface area contributed by atoms with E-state index in [4.69, 9.17) is 9.26 Å². The van der Waals surface area contributed by atoms with Crippen LogP contribution in [-0.4, -0.2) is 22.7 Å². The zero-order valence-corrected chi connectivity index (χ0v) is 11.3. The third-order valence-electron chi connectivity index (χ3n) is 2.65. The van der Waals surface area contributed by atoms with E-state index in [1.54, 1.807) is 0 Å². The molecule has 102 valence electrons. The molecule has 0 fully saturated rings. The Hall–Kier alpha value is -1.88. The van der Waals surface area contributed by atoms with Gasteiger partial charge in [-0.15, -0.1) is 0 Å². The van der Waals surface area contributed by atoms with Crippen LogP contribution in [-0.2, 0) is 13.0 Å². The SMILES string of the molecule is CCNC(C)Cc1nc(COc2ccccc2)no1. The number of likely N-dealkylation sites (N-methyl/N-ethyl adjacent to an activating group) is 1. The van der Waals surface area contributed by atoms with E-state index < -0.39 is 0 Å². The summed E-state index contributed by atoms with van der Waals surface area (Å²) >= 11 is 0. The number of rotatable bonds is 7. The molecule has 1 unspecified atom stereocenters. The van der Waals surface area contributed by atoms with Gasteiger partial charge in [0.15, 0.2) is 6.61 Å². The van der Waals surface area contributed by atoms with Crippen molar-refractivity contribution in [3.8, 4) is 5.75 Å². The minimum absolute atomic E-state index is 0.323. The first kappa shape index (κ1) is 13.5. The van der Waals surface area contributed by atoms with Gasteiger partial charge in [0.05, 0.1) is 0 Å². The number of nitrogens with zero attached hydrogens (tertiary/aromatic N) is 2. The molecule has 1 atom stereocenters. The molecule has 0 bridgehead atoms. The molecule has 0 aliphatic heterocycles. The van der Waals surface area contributed by atoms with Gasteiger partial charge in [0.2, 0.25) is 11.7 Å². The maximum Gasteiger partial charge on any atom is 0.228 e. The number of ether oxygens (including phenoxy) is 1. The quantitative estimate of drug-likeness (QED) is 0.828. The number of hydrogen-bond donors (Lipinski definition) is 1. The summed E-state index contributed by atoms with van der Waals surface area (Å²) in [7, 11) is 0. The Bertz CT molecular complexity index is 484. The molecule has 0 amide bonds. The lowest BCUT2D eigenvalue weighted by atomic mass is 10.2. The van der Waals surface area contributed by atoms with Gasteiger partial charge in [-0.1, -0.05) is 30.3 Å². The first-order chi connectivity index (χ1) is 9.28. The van der Waals surface area contributed by atoms with Gasteiger partial charge in [-0.3, -0.25) is 0 Å². The van der Waals surface area contributed by atoms with Gasteiger partial charge in [-0.25, -0.2) is 0 Å². The van der Waals surface area contributed by atoms with Crippen LogP contribution in [0.1, 0.15) is 25.6 Å². The van der Waals surface area contributed by atoms with Crippen LogP contribution >= 0.6 is 0 Å². The summed E-state index contributed by atoms with van der Waals surface area (Å²) in [5.74, 6) is 2.01. The van der Waals surface area contributed by atoms with Crippen molar-refractivity contribution in [3.05, 3.63) is 42.0 Å². The summed E-state index contributed by atoms with van der Waals surface area (Å²) in [5, 5.41) is 7.21. The Balaban J connectivity index is 1.84. The van der Waals surface area contributed by atoms with Crippen LogP contribution in [0.3, 0.4) is 0 Å². The summed E-state index contributed by atoms with van der Waals surface area (Å²) in [5.41, 5.74) is 0. The van der Waals surface area contributed by atoms with Crippen LogP contribution < -0.4 is 10.1 Å². The lowest BCUT2D eigenvalue weighted by Crippen LogP contribution is -2.27. The maximum absolute atomic E-state index is 5.56. The monoisotopic (exact) mass is 261 g/mol. The minimum Gasteiger partial charge on any atom is -0.485 e. The molecule has 0 aliphatic rings. The molecule has 1 N–H and O–H groups in total. The van der Waals surface area contributed by atoms with Gasteiger partial charge in [-0.2, -0.15) is 4.98 Å². The summed E-state index contributed by atoms with van der Waals surface area (Å²) in [6.07, 6.45) is 0.728. The Kier molecular flexibility index (Phi) is 4.92. The standard InChI is InChI=1S/C14H19N3O2/c1-3-15-11(2)9-14-16-13(17-19-14)10-18-12-7-5-4-6-8-12/h4-8,11,15H,3,9-10H2,1-2H3. The number of para-hydroxylation sites is 1. The first-order valence-corrected chi connectivity index (χ1v) is 6.50. The molecule has 19 heavy (non-hydrogen) atoms. The third-order valence-corrected chi connectivity index (χ3v) is 2.65. The van der Waals surface area contributed by atoms with E-state index in [0.29, 0.717) is 24.4 Å². The van der Waals surface area contributed by atoms with Crippen molar-refractivity contribution in [2.45, 2.75) is 32.9 Å². The van der Waals surface area contributed by atoms with Crippen molar-refractivity contribution in [2.24, 2.45) is 0 Å². The van der Waals surface area contributed by atoms with Gasteiger partial charge in [-0.05, 0) is 25.6 Å². The van der Waals surface area contributed by atoms with Crippen LogP contribution in [0.2, 0.25) is 0 Å². The van der Waals surface area contributed by atoms with Gasteiger partial charge in [0.25, 0.3) is 0 Å². The molecule has 1 aromatic heterocycles. The molecule has 0 aliphatic carbocycles. The summed E-state index contributed by atoms with van der Waals surface area (Å²) in [6.45, 7) is 5.42. The van der Waals surface area contributed by atoms with Gasteiger partial charge in [0.1, 0.15) is 5.75 Å². The second kappa shape index (κ2) is 6.89. The molecule has 2 rings (SSSR count). The van der Waals surface area contributed by atoms with Crippen molar-refractivity contribution in [2.75, 3.05) is 6.54 Å². The molecule has 5 heteroatoms. The van der Waals surface area contributed by atoms with Crippen LogP contribution in [0.5, 0.6) is 5.75 Å². The molecule has 0 saturated carbocycles. The topological polar surface area (TPSA) is 60.2 Å². The second-order valence-corrected chi connectivity index (χ2v) is 4.37. The molecule has 2 aromatic rings. The average molecular weight is 261 g/mol. The fraction of sp³-hybridized carbons (Fsp3) is 0.429. The third kappa shape index (κ3) is 4.37. The van der Waals surface area contributed by atoms with Crippen molar-refractivity contribution >= 4 is 0 Å². The number of nitrogens with one attached hydrogen (secondary N) is 1. The lowest BCUT2D eigenvalue weighted by molar-refractivity contribution is 0.284. The highest BCUT2D eigenvalue weighted by molar-refractivity contribution is 5.20. The fourth-order valence-electron chi connectivity index (χ4n) is 1.78. The minimum atomic E-state index is 0.323. The lowest BCUT2D eigenvalue weighted by Gasteiger charge is -2.07. The summed E-state index contributed by atoms with van der Waals surface area (Å²) in [4.78, 5) is 4.30. The zero-order valence-electron chi connectivity index (χ0n) is 11.3. The van der Waals surface area contributed by atoms with Crippen LogP contribution in [0.25, 0.3) is 0 Å². The zero-order chi connectivity index (χ0) is 13.5. The molecule has 1 aromatic carbocycles. The maximum atomic E-state index is 5.56. The molecular formula is C14H19N3O2. The van der Waals surface area contributed by atoms with Gasteiger partial charge in [0, 0.05) is 12.5 Å². The van der Waals surface area contributed by atoms with Gasteiger partial charge >= 0.3 is 0 Å². The van der Waals surface area contributed by atoms with Crippen LogP contribution in [0.15, 0.2) is 34.9 Å².